The van der Waals surface area contributed by atoms with Gasteiger partial charge in [0.2, 0.25) is 5.91 Å². The highest BCUT2D eigenvalue weighted by Crippen LogP contribution is 2.29. The first kappa shape index (κ1) is 33.4. The zero-order valence-corrected chi connectivity index (χ0v) is 26.9. The predicted octanol–water partition coefficient (Wildman–Crippen LogP) is 4.29. The molecule has 2 aliphatic heterocycles. The lowest BCUT2D eigenvalue weighted by molar-refractivity contribution is -0.127. The van der Waals surface area contributed by atoms with Crippen LogP contribution in [-0.2, 0) is 20.8 Å². The number of carbonyl (C=O) groups excluding carboxylic acids is 3. The van der Waals surface area contributed by atoms with Gasteiger partial charge in [0.05, 0.1) is 11.8 Å². The quantitative estimate of drug-likeness (QED) is 0.229. The van der Waals surface area contributed by atoms with Gasteiger partial charge in [0.1, 0.15) is 12.4 Å². The van der Waals surface area contributed by atoms with E-state index in [1.54, 1.807) is 36.4 Å². The maximum atomic E-state index is 13.4. The number of fused-ring (bicyclic) bond motifs is 2. The molecule has 1 atom stereocenters. The molecule has 3 aromatic carbocycles. The molecule has 0 bridgehead atoms. The average Bonchev–Trinajstić information content (AvgIpc) is 3.25. The summed E-state index contributed by atoms with van der Waals surface area (Å²) in [5.74, 6) is 0.213. The van der Waals surface area contributed by atoms with Crippen LogP contribution in [0.5, 0.6) is 0 Å². The fourth-order valence-electron chi connectivity index (χ4n) is 5.64. The first-order valence-electron chi connectivity index (χ1n) is 15.8. The second-order valence-corrected chi connectivity index (χ2v) is 12.1. The summed E-state index contributed by atoms with van der Waals surface area (Å²) in [5, 5.41) is 16.1. The Morgan fingerprint density at radius 3 is 2.66 bits per heavy atom. The molecule has 2 heterocycles. The maximum Gasteiger partial charge on any atom is 0.492 e. The molecule has 0 radical (unpaired) electrons. The van der Waals surface area contributed by atoms with Crippen LogP contribution in [-0.4, -0.2) is 60.4 Å². The number of aliphatic imine (C=N–C) groups is 1. The Hall–Kier alpha value is -4.94. The topological polar surface area (TPSA) is 156 Å². The van der Waals surface area contributed by atoms with Gasteiger partial charge in [-0.05, 0) is 59.3 Å². The Kier molecular flexibility index (Phi) is 10.7. The fraction of sp³-hybridized carbons (Fsp3) is 0.314. The van der Waals surface area contributed by atoms with Gasteiger partial charge in [-0.2, -0.15) is 0 Å². The molecule has 3 amide bonds. The van der Waals surface area contributed by atoms with Crippen LogP contribution in [0, 0.1) is 5.92 Å². The molecule has 47 heavy (non-hydrogen) atoms. The lowest BCUT2D eigenvalue weighted by atomic mass is 9.79. The number of hydrogen-bond donors (Lipinski definition) is 4. The molecular formula is C35H40BN5O6. The Bertz CT molecular complexity index is 1690. The number of benzene rings is 3. The number of nitrogens with one attached hydrogen (secondary N) is 2. The second kappa shape index (κ2) is 15.1. The molecule has 244 valence electrons. The minimum atomic E-state index is -1.23. The summed E-state index contributed by atoms with van der Waals surface area (Å²) in [6.45, 7) is 7.74. The van der Waals surface area contributed by atoms with Gasteiger partial charge in [-0.3, -0.25) is 14.9 Å². The summed E-state index contributed by atoms with van der Waals surface area (Å²) in [6.07, 6.45) is 1.65. The molecule has 1 unspecified atom stereocenters. The van der Waals surface area contributed by atoms with Crippen molar-refractivity contribution in [3.05, 3.63) is 94.6 Å². The average molecular weight is 638 g/mol. The number of anilines is 1. The Balaban J connectivity index is 1.22. The number of hydrogen-bond acceptors (Lipinski definition) is 8. The molecule has 0 aromatic heterocycles. The summed E-state index contributed by atoms with van der Waals surface area (Å²) < 4.78 is 11.0. The third-order valence-electron chi connectivity index (χ3n) is 7.80. The molecule has 11 nitrogen and oxygen atoms in total. The summed E-state index contributed by atoms with van der Waals surface area (Å²) in [5.41, 5.74) is 10.8. The molecule has 0 aliphatic carbocycles. The number of nitrogens with zero attached hydrogens (tertiary/aromatic N) is 2. The normalized spacial score (nSPS) is 15.2. The number of carbonyl (C=O) groups is 3. The molecule has 5 rings (SSSR count). The van der Waals surface area contributed by atoms with Gasteiger partial charge in [-0.25, -0.2) is 9.79 Å². The molecule has 0 saturated carbocycles. The van der Waals surface area contributed by atoms with Crippen LogP contribution in [0.3, 0.4) is 0 Å². The Labute approximate surface area is 275 Å². The molecule has 0 fully saturated rings. The van der Waals surface area contributed by atoms with Crippen LogP contribution in [0.2, 0.25) is 0 Å². The van der Waals surface area contributed by atoms with Crippen molar-refractivity contribution >= 4 is 53.8 Å². The van der Waals surface area contributed by atoms with Crippen LogP contribution in [0.25, 0.3) is 6.08 Å². The minimum Gasteiger partial charge on any atom is -0.444 e. The Morgan fingerprint density at radius 2 is 1.91 bits per heavy atom. The van der Waals surface area contributed by atoms with E-state index >= 15 is 0 Å². The standard InChI is InChI=1S/C35H40BN5O6/c1-4-14-41(20-22(2)3)34(43)26-15-24-10-11-25(16-30(24)40-32(37)17-26)33(42)38-19-31-28-13-12-27(18-29(28)36(45)47-31)39-35(44)46-21-23-8-6-5-7-9-23/h5-13,15-16,18,22,31,45H,4,14,17,19-21H2,1-3H3,(H2,37,40)(H,38,42)(H,39,44). The number of ether oxygens (including phenoxy) is 1. The van der Waals surface area contributed by atoms with Gasteiger partial charge in [0.15, 0.2) is 0 Å². The first-order chi connectivity index (χ1) is 22.6. The highest BCUT2D eigenvalue weighted by molar-refractivity contribution is 6.62. The zero-order chi connectivity index (χ0) is 33.5. The van der Waals surface area contributed by atoms with Crippen molar-refractivity contribution in [2.75, 3.05) is 25.0 Å². The number of nitrogens with two attached hydrogens (primary N) is 1. The van der Waals surface area contributed by atoms with E-state index in [-0.39, 0.29) is 31.4 Å². The summed E-state index contributed by atoms with van der Waals surface area (Å²) in [6, 6.07) is 19.5. The maximum absolute atomic E-state index is 13.4. The van der Waals surface area contributed by atoms with E-state index in [0.717, 1.165) is 12.0 Å². The number of rotatable bonds is 11. The van der Waals surface area contributed by atoms with E-state index in [9.17, 15) is 19.4 Å². The van der Waals surface area contributed by atoms with E-state index in [1.165, 1.54) is 0 Å². The van der Waals surface area contributed by atoms with E-state index < -0.39 is 19.3 Å². The Morgan fingerprint density at radius 1 is 1.13 bits per heavy atom. The van der Waals surface area contributed by atoms with Crippen molar-refractivity contribution < 1.29 is 28.8 Å². The monoisotopic (exact) mass is 637 g/mol. The van der Waals surface area contributed by atoms with Crippen LogP contribution >= 0.6 is 0 Å². The lowest BCUT2D eigenvalue weighted by Crippen LogP contribution is -2.36. The largest absolute Gasteiger partial charge is 0.492 e. The highest BCUT2D eigenvalue weighted by atomic mass is 16.5. The van der Waals surface area contributed by atoms with Gasteiger partial charge in [-0.15, -0.1) is 0 Å². The molecule has 5 N–H and O–H groups in total. The summed E-state index contributed by atoms with van der Waals surface area (Å²) in [7, 11) is -1.23. The summed E-state index contributed by atoms with van der Waals surface area (Å²) >= 11 is 0. The van der Waals surface area contributed by atoms with Crippen molar-refractivity contribution in [1.29, 1.82) is 0 Å². The third kappa shape index (κ3) is 8.46. The number of amidine groups is 1. The van der Waals surface area contributed by atoms with Crippen LogP contribution < -0.4 is 21.8 Å². The van der Waals surface area contributed by atoms with Crippen molar-refractivity contribution in [1.82, 2.24) is 10.2 Å². The molecule has 3 aromatic rings. The van der Waals surface area contributed by atoms with Gasteiger partial charge >= 0.3 is 13.2 Å². The van der Waals surface area contributed by atoms with Crippen LogP contribution in [0.15, 0.2) is 77.3 Å². The van der Waals surface area contributed by atoms with Crippen LogP contribution in [0.4, 0.5) is 16.2 Å². The van der Waals surface area contributed by atoms with Crippen molar-refractivity contribution in [3.8, 4) is 0 Å². The minimum absolute atomic E-state index is 0.0571. The molecule has 0 spiro atoms. The highest BCUT2D eigenvalue weighted by Gasteiger charge is 2.35. The molecular weight excluding hydrogens is 597 g/mol. The lowest BCUT2D eigenvalue weighted by Gasteiger charge is -2.25. The predicted molar refractivity (Wildman–Crippen MR) is 182 cm³/mol. The van der Waals surface area contributed by atoms with Gasteiger partial charge in [-0.1, -0.05) is 63.2 Å². The van der Waals surface area contributed by atoms with Crippen molar-refractivity contribution in [3.63, 3.8) is 0 Å². The van der Waals surface area contributed by atoms with Gasteiger partial charge < -0.3 is 30.4 Å². The smallest absolute Gasteiger partial charge is 0.444 e. The van der Waals surface area contributed by atoms with Gasteiger partial charge in [0.25, 0.3) is 5.91 Å². The molecule has 0 saturated heterocycles. The van der Waals surface area contributed by atoms with E-state index in [2.05, 4.69) is 29.5 Å². The summed E-state index contributed by atoms with van der Waals surface area (Å²) in [4.78, 5) is 45.2. The van der Waals surface area contributed by atoms with Crippen LogP contribution in [0.1, 0.15) is 66.8 Å². The SMILES string of the molecule is CCCN(CC(C)C)C(=O)C1=Cc2ccc(C(=O)NCC3OB(O)c4cc(NC(=O)OCc5ccccc5)ccc43)cc2N=C(N)C1. The molecule has 2 aliphatic rings. The third-order valence-corrected chi connectivity index (χ3v) is 7.80. The van der Waals surface area contributed by atoms with Crippen molar-refractivity contribution in [2.45, 2.75) is 46.3 Å². The zero-order valence-electron chi connectivity index (χ0n) is 26.9. The van der Waals surface area contributed by atoms with E-state index in [1.807, 2.05) is 48.2 Å². The number of amides is 3. The van der Waals surface area contributed by atoms with Crippen molar-refractivity contribution in [2.24, 2.45) is 16.6 Å². The van der Waals surface area contributed by atoms with E-state index in [0.29, 0.717) is 63.9 Å². The first-order valence-corrected chi connectivity index (χ1v) is 15.8. The second-order valence-electron chi connectivity index (χ2n) is 12.1. The van der Waals surface area contributed by atoms with E-state index in [4.69, 9.17) is 15.1 Å². The van der Waals surface area contributed by atoms with Gasteiger partial charge in [0, 0.05) is 48.4 Å². The molecule has 12 heteroatoms. The fourth-order valence-corrected chi connectivity index (χ4v) is 5.64.